The highest BCUT2D eigenvalue weighted by atomic mass is 16.3. The van der Waals surface area contributed by atoms with Crippen LogP contribution in [0.5, 0.6) is 0 Å². The van der Waals surface area contributed by atoms with E-state index in [-0.39, 0.29) is 5.91 Å². The maximum atomic E-state index is 12.1. The normalized spacial score (nSPS) is 16.2. The second kappa shape index (κ2) is 4.60. The van der Waals surface area contributed by atoms with Crippen molar-refractivity contribution in [2.24, 2.45) is 5.73 Å². The van der Waals surface area contributed by atoms with Crippen LogP contribution in [0.4, 0.5) is 0 Å². The van der Waals surface area contributed by atoms with Crippen molar-refractivity contribution in [2.45, 2.75) is 31.3 Å². The number of nitrogens with two attached hydrogens (primary N) is 1. The molecule has 2 rings (SSSR count). The molecule has 1 aliphatic carbocycles. The number of rotatable bonds is 5. The maximum Gasteiger partial charge on any atom is 0.243 e. The second-order valence-electron chi connectivity index (χ2n) is 4.37. The minimum atomic E-state index is -0.692. The van der Waals surface area contributed by atoms with E-state index < -0.39 is 5.54 Å². The lowest BCUT2D eigenvalue weighted by Gasteiger charge is -2.23. The lowest BCUT2D eigenvalue weighted by molar-refractivity contribution is -0.134. The minimum absolute atomic E-state index is 0.0795. The molecule has 0 aromatic carbocycles. The van der Waals surface area contributed by atoms with Crippen LogP contribution in [-0.2, 0) is 11.3 Å². The van der Waals surface area contributed by atoms with Crippen LogP contribution >= 0.6 is 0 Å². The van der Waals surface area contributed by atoms with Gasteiger partial charge in [0, 0.05) is 6.54 Å². The number of nitrogens with zero attached hydrogens (tertiary/aromatic N) is 2. The van der Waals surface area contributed by atoms with Gasteiger partial charge in [-0.15, -0.1) is 0 Å². The summed E-state index contributed by atoms with van der Waals surface area (Å²) in [6.45, 7) is 0.779. The summed E-state index contributed by atoms with van der Waals surface area (Å²) in [5.41, 5.74) is 5.19. The second-order valence-corrected chi connectivity index (χ2v) is 4.37. The Balaban J connectivity index is 2.03. The van der Waals surface area contributed by atoms with Gasteiger partial charge in [0.05, 0.1) is 30.8 Å². The summed E-state index contributed by atoms with van der Waals surface area (Å²) >= 11 is 0. The van der Waals surface area contributed by atoms with Crippen LogP contribution < -0.4 is 5.73 Å². The summed E-state index contributed by atoms with van der Waals surface area (Å²) in [5, 5.41) is 8.60. The monoisotopic (exact) mass is 233 g/mol. The molecular formula is C12H15N3O2. The van der Waals surface area contributed by atoms with Crippen LogP contribution in [0.1, 0.15) is 25.0 Å². The van der Waals surface area contributed by atoms with Gasteiger partial charge in [0.25, 0.3) is 0 Å². The standard InChI is InChI=1S/C12H15N3O2/c13-6-2-7-15(9-10-3-1-8-17-10)11(16)12(14)4-5-12/h1,3,8H,2,4-5,7,9,14H2. The van der Waals surface area contributed by atoms with Gasteiger partial charge in [0.15, 0.2) is 0 Å². The van der Waals surface area contributed by atoms with Crippen LogP contribution in [-0.4, -0.2) is 22.9 Å². The summed E-state index contributed by atoms with van der Waals surface area (Å²) in [4.78, 5) is 13.7. The molecule has 0 unspecified atom stereocenters. The van der Waals surface area contributed by atoms with E-state index >= 15 is 0 Å². The van der Waals surface area contributed by atoms with Crippen molar-refractivity contribution in [3.8, 4) is 6.07 Å². The zero-order chi connectivity index (χ0) is 12.3. The molecule has 1 aliphatic rings. The predicted octanol–water partition coefficient (Wildman–Crippen LogP) is 1.01. The van der Waals surface area contributed by atoms with E-state index in [1.54, 1.807) is 17.2 Å². The van der Waals surface area contributed by atoms with E-state index in [4.69, 9.17) is 15.4 Å². The highest BCUT2D eigenvalue weighted by Crippen LogP contribution is 2.34. The Labute approximate surface area is 99.8 Å². The van der Waals surface area contributed by atoms with Crippen molar-refractivity contribution < 1.29 is 9.21 Å². The lowest BCUT2D eigenvalue weighted by Crippen LogP contribution is -2.45. The Morgan fingerprint density at radius 1 is 1.65 bits per heavy atom. The molecule has 0 saturated heterocycles. The van der Waals surface area contributed by atoms with Crippen LogP contribution in [0.25, 0.3) is 0 Å². The van der Waals surface area contributed by atoms with Crippen molar-refractivity contribution in [1.29, 1.82) is 5.26 Å². The Morgan fingerprint density at radius 3 is 2.94 bits per heavy atom. The number of carbonyl (C=O) groups excluding carboxylic acids is 1. The number of amides is 1. The van der Waals surface area contributed by atoms with Gasteiger partial charge in [0.2, 0.25) is 5.91 Å². The van der Waals surface area contributed by atoms with Gasteiger partial charge >= 0.3 is 0 Å². The topological polar surface area (TPSA) is 83.3 Å². The molecular weight excluding hydrogens is 218 g/mol. The van der Waals surface area contributed by atoms with Gasteiger partial charge in [-0.25, -0.2) is 0 Å². The molecule has 5 heteroatoms. The fraction of sp³-hybridized carbons (Fsp3) is 0.500. The molecule has 1 aromatic rings. The van der Waals surface area contributed by atoms with E-state index in [0.717, 1.165) is 12.8 Å². The molecule has 1 aromatic heterocycles. The van der Waals surface area contributed by atoms with Gasteiger partial charge < -0.3 is 15.1 Å². The fourth-order valence-corrected chi connectivity index (χ4v) is 1.69. The molecule has 17 heavy (non-hydrogen) atoms. The molecule has 1 fully saturated rings. The van der Waals surface area contributed by atoms with Gasteiger partial charge in [-0.1, -0.05) is 0 Å². The molecule has 0 bridgehead atoms. The number of nitriles is 1. The summed E-state index contributed by atoms with van der Waals surface area (Å²) in [7, 11) is 0. The van der Waals surface area contributed by atoms with Crippen molar-refractivity contribution in [2.75, 3.05) is 6.54 Å². The molecule has 1 saturated carbocycles. The van der Waals surface area contributed by atoms with Crippen molar-refractivity contribution in [3.05, 3.63) is 24.2 Å². The average Bonchev–Trinajstić information content (AvgIpc) is 2.88. The smallest absolute Gasteiger partial charge is 0.243 e. The Hall–Kier alpha value is -1.80. The average molecular weight is 233 g/mol. The van der Waals surface area contributed by atoms with Crippen molar-refractivity contribution in [3.63, 3.8) is 0 Å². The SMILES string of the molecule is N#CCCN(Cc1ccco1)C(=O)C1(N)CC1. The molecule has 0 radical (unpaired) electrons. The molecule has 0 aliphatic heterocycles. The first-order chi connectivity index (χ1) is 8.15. The largest absolute Gasteiger partial charge is 0.467 e. The minimum Gasteiger partial charge on any atom is -0.467 e. The first-order valence-corrected chi connectivity index (χ1v) is 5.63. The van der Waals surface area contributed by atoms with Crippen LogP contribution in [0.15, 0.2) is 22.8 Å². The molecule has 1 amide bonds. The van der Waals surface area contributed by atoms with E-state index in [1.165, 1.54) is 0 Å². The summed E-state index contributed by atoms with van der Waals surface area (Å²) < 4.78 is 5.21. The van der Waals surface area contributed by atoms with Gasteiger partial charge in [0.1, 0.15) is 5.76 Å². The molecule has 2 N–H and O–H groups in total. The third-order valence-corrected chi connectivity index (χ3v) is 2.92. The quantitative estimate of drug-likeness (QED) is 0.822. The number of carbonyl (C=O) groups is 1. The third kappa shape index (κ3) is 2.66. The predicted molar refractivity (Wildman–Crippen MR) is 60.5 cm³/mol. The Kier molecular flexibility index (Phi) is 3.16. The Bertz CT molecular complexity index is 429. The summed E-state index contributed by atoms with van der Waals surface area (Å²) in [6, 6.07) is 5.62. The van der Waals surface area contributed by atoms with Gasteiger partial charge in [-0.05, 0) is 25.0 Å². The van der Waals surface area contributed by atoms with Crippen molar-refractivity contribution >= 4 is 5.91 Å². The molecule has 0 atom stereocenters. The van der Waals surface area contributed by atoms with E-state index in [0.29, 0.717) is 25.3 Å². The van der Waals surface area contributed by atoms with Crippen LogP contribution in [0.2, 0.25) is 0 Å². The number of furan rings is 1. The maximum absolute atomic E-state index is 12.1. The van der Waals surface area contributed by atoms with E-state index in [2.05, 4.69) is 0 Å². The molecule has 90 valence electrons. The molecule has 5 nitrogen and oxygen atoms in total. The fourth-order valence-electron chi connectivity index (χ4n) is 1.69. The third-order valence-electron chi connectivity index (χ3n) is 2.92. The highest BCUT2D eigenvalue weighted by Gasteiger charge is 2.48. The number of hydrogen-bond donors (Lipinski definition) is 1. The van der Waals surface area contributed by atoms with Crippen molar-refractivity contribution in [1.82, 2.24) is 4.90 Å². The molecule has 0 spiro atoms. The summed E-state index contributed by atoms with van der Waals surface area (Å²) in [6.07, 6.45) is 3.33. The molecule has 1 heterocycles. The van der Waals surface area contributed by atoms with E-state index in [9.17, 15) is 4.79 Å². The lowest BCUT2D eigenvalue weighted by atomic mass is 10.2. The Morgan fingerprint density at radius 2 is 2.41 bits per heavy atom. The van der Waals surface area contributed by atoms with Gasteiger partial charge in [-0.3, -0.25) is 4.79 Å². The van der Waals surface area contributed by atoms with Crippen LogP contribution in [0, 0.1) is 11.3 Å². The first-order valence-electron chi connectivity index (χ1n) is 5.63. The van der Waals surface area contributed by atoms with E-state index in [1.807, 2.05) is 12.1 Å². The zero-order valence-corrected chi connectivity index (χ0v) is 9.56. The van der Waals surface area contributed by atoms with Gasteiger partial charge in [-0.2, -0.15) is 5.26 Å². The first kappa shape index (κ1) is 11.7. The number of hydrogen-bond acceptors (Lipinski definition) is 4. The van der Waals surface area contributed by atoms with Crippen LogP contribution in [0.3, 0.4) is 0 Å². The zero-order valence-electron chi connectivity index (χ0n) is 9.56. The summed E-state index contributed by atoms with van der Waals surface area (Å²) in [5.74, 6) is 0.629. The highest BCUT2D eigenvalue weighted by molar-refractivity contribution is 5.89.